The molecule has 2 atom stereocenters. The van der Waals surface area contributed by atoms with Crippen molar-refractivity contribution in [3.63, 3.8) is 0 Å². The van der Waals surface area contributed by atoms with E-state index >= 15 is 0 Å². The topological polar surface area (TPSA) is 97.8 Å². The van der Waals surface area contributed by atoms with Crippen molar-refractivity contribution in [2.45, 2.75) is 6.92 Å². The van der Waals surface area contributed by atoms with Crippen molar-refractivity contribution in [1.29, 1.82) is 0 Å². The average molecular weight is 458 g/mol. The second-order valence-electron chi connectivity index (χ2n) is 7.35. The lowest BCUT2D eigenvalue weighted by atomic mass is 9.86. The fourth-order valence-electron chi connectivity index (χ4n) is 3.20. The van der Waals surface area contributed by atoms with Crippen LogP contribution in [0.5, 0.6) is 5.75 Å². The van der Waals surface area contributed by atoms with Gasteiger partial charge in [0.15, 0.2) is 11.6 Å². The van der Waals surface area contributed by atoms with Gasteiger partial charge in [0, 0.05) is 31.5 Å². The number of nitrogens with one attached hydrogen (secondary N) is 2. The molecule has 10 heteroatoms. The molecule has 2 unspecified atom stereocenters. The predicted molar refractivity (Wildman–Crippen MR) is 122 cm³/mol. The zero-order valence-corrected chi connectivity index (χ0v) is 19.0. The van der Waals surface area contributed by atoms with Crippen LogP contribution in [-0.2, 0) is 14.4 Å². The summed E-state index contributed by atoms with van der Waals surface area (Å²) in [6.07, 6.45) is 6.42. The molecule has 0 aliphatic heterocycles. The van der Waals surface area contributed by atoms with Gasteiger partial charge in [-0.3, -0.25) is 9.63 Å². The zero-order valence-electron chi connectivity index (χ0n) is 19.0. The Labute approximate surface area is 192 Å². The molecule has 0 fully saturated rings. The Morgan fingerprint density at radius 1 is 1.18 bits per heavy atom. The summed E-state index contributed by atoms with van der Waals surface area (Å²) in [6.45, 7) is 2.84. The van der Waals surface area contributed by atoms with Crippen LogP contribution in [-0.4, -0.2) is 55.4 Å². The first-order chi connectivity index (χ1) is 15.9. The number of carbonyl (C=O) groups is 1. The predicted octanol–water partition coefficient (Wildman–Crippen LogP) is 3.52. The van der Waals surface area contributed by atoms with E-state index in [1.807, 2.05) is 6.92 Å². The zero-order chi connectivity index (χ0) is 23.8. The third kappa shape index (κ3) is 6.27. The van der Waals surface area contributed by atoms with Gasteiger partial charge in [0.25, 0.3) is 5.91 Å². The Morgan fingerprint density at radius 2 is 1.94 bits per heavy atom. The molecule has 176 valence electrons. The Balaban J connectivity index is 1.68. The number of carbonyl (C=O) groups excluding carboxylic acids is 1. The van der Waals surface area contributed by atoms with Gasteiger partial charge in [0.1, 0.15) is 12.4 Å². The van der Waals surface area contributed by atoms with Crippen LogP contribution in [0.4, 0.5) is 21.8 Å². The van der Waals surface area contributed by atoms with Crippen molar-refractivity contribution in [3.05, 3.63) is 60.2 Å². The molecule has 0 spiro atoms. The molecule has 0 saturated heterocycles. The van der Waals surface area contributed by atoms with Crippen molar-refractivity contribution in [1.82, 2.24) is 15.0 Å². The van der Waals surface area contributed by atoms with E-state index in [1.54, 1.807) is 56.7 Å². The summed E-state index contributed by atoms with van der Waals surface area (Å²) in [5.41, 5.74) is 1.37. The van der Waals surface area contributed by atoms with Gasteiger partial charge in [-0.05, 0) is 30.3 Å². The summed E-state index contributed by atoms with van der Waals surface area (Å²) in [7, 11) is 4.59. The SMILES string of the molecule is COCCOc1ccc(Nc2ncc(F)c(NC3=CC=CC(C(=O)N(C)OC)C3C)n2)cc1. The molecule has 0 bridgehead atoms. The van der Waals surface area contributed by atoms with Crippen LogP contribution >= 0.6 is 0 Å². The molecule has 0 saturated carbocycles. The second-order valence-corrected chi connectivity index (χ2v) is 7.35. The standard InChI is InChI=1S/C23H28FN5O4/c1-15-18(22(30)29(2)32-4)6-5-7-20(15)27-21-19(24)14-25-23(28-21)26-16-8-10-17(11-9-16)33-13-12-31-3/h5-11,14-15,18H,12-13H2,1-4H3,(H2,25,26,27,28). The monoisotopic (exact) mass is 457 g/mol. The molecule has 1 amide bonds. The molecular weight excluding hydrogens is 429 g/mol. The number of allylic oxidation sites excluding steroid dienone is 3. The van der Waals surface area contributed by atoms with Crippen molar-refractivity contribution in [3.8, 4) is 5.75 Å². The summed E-state index contributed by atoms with van der Waals surface area (Å²) in [5.74, 6) is -0.568. The fourth-order valence-corrected chi connectivity index (χ4v) is 3.20. The normalized spacial score (nSPS) is 17.3. The minimum Gasteiger partial charge on any atom is -0.491 e. The number of hydroxylamine groups is 2. The number of aromatic nitrogens is 2. The summed E-state index contributed by atoms with van der Waals surface area (Å²) in [4.78, 5) is 25.8. The first kappa shape index (κ1) is 24.1. The molecular formula is C23H28FN5O4. The van der Waals surface area contributed by atoms with Crippen LogP contribution < -0.4 is 15.4 Å². The molecule has 9 nitrogen and oxygen atoms in total. The van der Waals surface area contributed by atoms with Crippen LogP contribution in [0, 0.1) is 17.7 Å². The van der Waals surface area contributed by atoms with E-state index in [0.717, 1.165) is 6.20 Å². The number of benzene rings is 1. The maximum Gasteiger partial charge on any atom is 0.253 e. The second kappa shape index (κ2) is 11.4. The van der Waals surface area contributed by atoms with Gasteiger partial charge in [-0.15, -0.1) is 0 Å². The van der Waals surface area contributed by atoms with E-state index in [0.29, 0.717) is 30.3 Å². The number of methoxy groups -OCH3 is 1. The van der Waals surface area contributed by atoms with E-state index in [2.05, 4.69) is 20.6 Å². The maximum absolute atomic E-state index is 14.4. The van der Waals surface area contributed by atoms with Gasteiger partial charge in [0.05, 0.1) is 25.8 Å². The molecule has 1 heterocycles. The number of anilines is 3. The molecule has 2 aromatic rings. The number of hydrogen-bond donors (Lipinski definition) is 2. The molecule has 2 N–H and O–H groups in total. The number of halogens is 1. The van der Waals surface area contributed by atoms with E-state index in [4.69, 9.17) is 14.3 Å². The summed E-state index contributed by atoms with van der Waals surface area (Å²) < 4.78 is 24.9. The maximum atomic E-state index is 14.4. The highest BCUT2D eigenvalue weighted by Crippen LogP contribution is 2.29. The number of amides is 1. The highest BCUT2D eigenvalue weighted by molar-refractivity contribution is 5.80. The van der Waals surface area contributed by atoms with E-state index in [-0.39, 0.29) is 23.6 Å². The first-order valence-corrected chi connectivity index (χ1v) is 10.4. The van der Waals surface area contributed by atoms with Crippen LogP contribution in [0.2, 0.25) is 0 Å². The number of ether oxygens (including phenoxy) is 2. The quantitative estimate of drug-likeness (QED) is 0.413. The lowest BCUT2D eigenvalue weighted by molar-refractivity contribution is -0.172. The van der Waals surface area contributed by atoms with Crippen LogP contribution in [0.25, 0.3) is 0 Å². The number of hydrogen-bond acceptors (Lipinski definition) is 8. The summed E-state index contributed by atoms with van der Waals surface area (Å²) in [6, 6.07) is 7.22. The Bertz CT molecular complexity index is 1010. The van der Waals surface area contributed by atoms with Gasteiger partial charge in [-0.2, -0.15) is 4.98 Å². The Kier molecular flexibility index (Phi) is 8.34. The number of rotatable bonds is 10. The third-order valence-electron chi connectivity index (χ3n) is 5.17. The van der Waals surface area contributed by atoms with Crippen molar-refractivity contribution < 1.29 is 23.5 Å². The smallest absolute Gasteiger partial charge is 0.253 e. The molecule has 0 radical (unpaired) electrons. The molecule has 3 rings (SSSR count). The van der Waals surface area contributed by atoms with Crippen molar-refractivity contribution in [2.24, 2.45) is 11.8 Å². The largest absolute Gasteiger partial charge is 0.491 e. The van der Waals surface area contributed by atoms with E-state index < -0.39 is 11.7 Å². The van der Waals surface area contributed by atoms with Crippen LogP contribution in [0.3, 0.4) is 0 Å². The fraction of sp³-hybridized carbons (Fsp3) is 0.348. The van der Waals surface area contributed by atoms with Crippen molar-refractivity contribution >= 4 is 23.4 Å². The molecule has 1 aromatic carbocycles. The highest BCUT2D eigenvalue weighted by Gasteiger charge is 2.30. The number of nitrogens with zero attached hydrogens (tertiary/aromatic N) is 3. The summed E-state index contributed by atoms with van der Waals surface area (Å²) in [5, 5.41) is 7.23. The molecule has 1 aliphatic carbocycles. The molecule has 1 aliphatic rings. The van der Waals surface area contributed by atoms with Gasteiger partial charge < -0.3 is 20.1 Å². The van der Waals surface area contributed by atoms with Gasteiger partial charge in [-0.25, -0.2) is 14.4 Å². The van der Waals surface area contributed by atoms with Gasteiger partial charge in [0.2, 0.25) is 5.95 Å². The van der Waals surface area contributed by atoms with E-state index in [9.17, 15) is 9.18 Å². The average Bonchev–Trinajstić information content (AvgIpc) is 2.82. The Hall–Kier alpha value is -3.50. The summed E-state index contributed by atoms with van der Waals surface area (Å²) >= 11 is 0. The minimum absolute atomic E-state index is 0.00622. The molecule has 33 heavy (non-hydrogen) atoms. The Morgan fingerprint density at radius 3 is 2.64 bits per heavy atom. The van der Waals surface area contributed by atoms with Gasteiger partial charge >= 0.3 is 0 Å². The third-order valence-corrected chi connectivity index (χ3v) is 5.17. The molecule has 1 aromatic heterocycles. The van der Waals surface area contributed by atoms with Crippen molar-refractivity contribution in [2.75, 3.05) is 45.1 Å². The lowest BCUT2D eigenvalue weighted by Crippen LogP contribution is -2.36. The van der Waals surface area contributed by atoms with E-state index in [1.165, 1.54) is 12.2 Å². The van der Waals surface area contributed by atoms with Crippen LogP contribution in [0.15, 0.2) is 54.4 Å². The lowest BCUT2D eigenvalue weighted by Gasteiger charge is -2.28. The first-order valence-electron chi connectivity index (χ1n) is 10.4. The minimum atomic E-state index is -0.609. The van der Waals surface area contributed by atoms with Gasteiger partial charge in [-0.1, -0.05) is 19.1 Å². The van der Waals surface area contributed by atoms with Crippen LogP contribution in [0.1, 0.15) is 6.92 Å². The highest BCUT2D eigenvalue weighted by atomic mass is 19.1.